The summed E-state index contributed by atoms with van der Waals surface area (Å²) in [6, 6.07) is 3.96. The highest BCUT2D eigenvalue weighted by Crippen LogP contribution is 2.37. The number of likely N-dealkylation sites (tertiary alicyclic amines) is 1. The van der Waals surface area contributed by atoms with Gasteiger partial charge in [-0.1, -0.05) is 27.7 Å². The van der Waals surface area contributed by atoms with Crippen LogP contribution in [0.5, 0.6) is 5.75 Å². The third-order valence-electron chi connectivity index (χ3n) is 7.21. The first-order valence-electron chi connectivity index (χ1n) is 13.7. The van der Waals surface area contributed by atoms with E-state index in [1.165, 1.54) is 0 Å². The van der Waals surface area contributed by atoms with Crippen LogP contribution in [0.1, 0.15) is 94.5 Å². The largest absolute Gasteiger partial charge is 0.497 e. The second-order valence-corrected chi connectivity index (χ2v) is 11.3. The highest BCUT2D eigenvalue weighted by molar-refractivity contribution is 6.02. The Kier molecular flexibility index (Phi) is 10.1. The Bertz CT molecular complexity index is 984. The molecule has 3 atom stereocenters. The van der Waals surface area contributed by atoms with Crippen molar-refractivity contribution >= 4 is 23.5 Å². The van der Waals surface area contributed by atoms with Crippen LogP contribution >= 0.6 is 0 Å². The van der Waals surface area contributed by atoms with E-state index in [4.69, 9.17) is 4.74 Å². The van der Waals surface area contributed by atoms with Crippen LogP contribution in [-0.4, -0.2) is 60.7 Å². The Morgan fingerprint density at radius 1 is 0.973 bits per heavy atom. The van der Waals surface area contributed by atoms with E-state index in [1.54, 1.807) is 19.2 Å². The van der Waals surface area contributed by atoms with Crippen LogP contribution in [0, 0.1) is 11.8 Å². The number of rotatable bonds is 11. The van der Waals surface area contributed by atoms with Crippen LogP contribution in [-0.2, 0) is 14.4 Å². The fourth-order valence-corrected chi connectivity index (χ4v) is 5.37. The first-order chi connectivity index (χ1) is 17.6. The molecule has 1 fully saturated rings. The number of carbonyl (C=O) groups excluding carboxylic acids is 4. The summed E-state index contributed by atoms with van der Waals surface area (Å²) in [7, 11) is 1.57. The number of nitrogens with zero attached hydrogens (tertiary/aromatic N) is 1. The average molecular weight is 514 g/mol. The summed E-state index contributed by atoms with van der Waals surface area (Å²) in [6.07, 6.45) is 4.46. The number of carbonyl (C=O) groups is 4. The molecule has 1 aliphatic carbocycles. The number of methoxy groups -OCH3 is 1. The molecule has 204 valence electrons. The molecule has 1 aromatic rings. The Balaban J connectivity index is 1.69. The van der Waals surface area contributed by atoms with Crippen molar-refractivity contribution in [1.82, 2.24) is 15.5 Å². The van der Waals surface area contributed by atoms with Gasteiger partial charge >= 0.3 is 0 Å². The van der Waals surface area contributed by atoms with Gasteiger partial charge in [-0.25, -0.2) is 0 Å². The number of hydrogen-bond donors (Lipinski definition) is 2. The molecule has 0 spiro atoms. The second-order valence-electron chi connectivity index (χ2n) is 11.3. The predicted octanol–water partition coefficient (Wildman–Crippen LogP) is 3.83. The quantitative estimate of drug-likeness (QED) is 0.468. The van der Waals surface area contributed by atoms with E-state index in [9.17, 15) is 19.2 Å². The number of piperidine rings is 1. The van der Waals surface area contributed by atoms with Gasteiger partial charge in [0, 0.05) is 37.4 Å². The van der Waals surface area contributed by atoms with Crippen molar-refractivity contribution in [2.45, 2.75) is 90.6 Å². The van der Waals surface area contributed by atoms with E-state index in [-0.39, 0.29) is 54.1 Å². The second kappa shape index (κ2) is 13.1. The van der Waals surface area contributed by atoms with E-state index in [2.05, 4.69) is 10.6 Å². The van der Waals surface area contributed by atoms with Crippen molar-refractivity contribution in [3.63, 3.8) is 0 Å². The zero-order valence-electron chi connectivity index (χ0n) is 23.0. The molecule has 2 N–H and O–H groups in total. The zero-order valence-corrected chi connectivity index (χ0v) is 23.0. The molecule has 0 aromatic heterocycles. The maximum atomic E-state index is 13.4. The number of amides is 3. The molecule has 1 heterocycles. The number of Topliss-reactive ketones (excluding diaryl/α,β-unsaturated/α-hetero) is 1. The smallest absolute Gasteiger partial charge is 0.245 e. The molecule has 1 saturated heterocycles. The lowest BCUT2D eigenvalue weighted by atomic mass is 9.96. The lowest BCUT2D eigenvalue weighted by molar-refractivity contribution is -0.138. The Labute approximate surface area is 220 Å². The van der Waals surface area contributed by atoms with Crippen LogP contribution in [0.25, 0.3) is 0 Å². The summed E-state index contributed by atoms with van der Waals surface area (Å²) >= 11 is 0. The van der Waals surface area contributed by atoms with Crippen LogP contribution in [0.15, 0.2) is 18.2 Å². The van der Waals surface area contributed by atoms with Gasteiger partial charge in [-0.2, -0.15) is 0 Å². The van der Waals surface area contributed by atoms with E-state index >= 15 is 0 Å². The minimum absolute atomic E-state index is 0.0136. The number of ether oxygens (including phenoxy) is 1. The Morgan fingerprint density at radius 2 is 1.62 bits per heavy atom. The van der Waals surface area contributed by atoms with Crippen molar-refractivity contribution < 1.29 is 23.9 Å². The van der Waals surface area contributed by atoms with E-state index in [0.717, 1.165) is 37.9 Å². The number of fused-ring (bicyclic) bond motifs is 1. The Morgan fingerprint density at radius 3 is 2.24 bits per heavy atom. The fourth-order valence-electron chi connectivity index (χ4n) is 5.37. The molecule has 1 unspecified atom stereocenters. The van der Waals surface area contributed by atoms with E-state index < -0.39 is 12.1 Å². The molecular formula is C29H43N3O5. The molecule has 0 bridgehead atoms. The number of hydrogen-bond acceptors (Lipinski definition) is 5. The highest BCUT2D eigenvalue weighted by Gasteiger charge is 2.34. The summed E-state index contributed by atoms with van der Waals surface area (Å²) in [5, 5.41) is 5.88. The Hall–Kier alpha value is -2.90. The molecule has 0 radical (unpaired) electrons. The summed E-state index contributed by atoms with van der Waals surface area (Å²) in [6.45, 7) is 9.51. The number of ketones is 1. The van der Waals surface area contributed by atoms with Crippen LogP contribution in [0.2, 0.25) is 0 Å². The lowest BCUT2D eigenvalue weighted by Gasteiger charge is -2.32. The van der Waals surface area contributed by atoms with Gasteiger partial charge in [0.1, 0.15) is 17.8 Å². The SMILES string of the molecule is COc1ccc2c(c1)C(CC(=O)N[C@@H](CC(C)C)C(=O)N[C@H](CC(C)C)C(=O)N1CCCCC1)CC2=O. The minimum atomic E-state index is -0.752. The van der Waals surface area contributed by atoms with Gasteiger partial charge in [0.2, 0.25) is 17.7 Å². The van der Waals surface area contributed by atoms with Gasteiger partial charge in [0.15, 0.2) is 5.78 Å². The standard InChI is InChI=1S/C29H43N3O5/c1-18(2)13-24(28(35)31-25(14-19(3)4)29(36)32-11-7-6-8-12-32)30-27(34)16-20-15-26(33)22-10-9-21(37-5)17-23(20)22/h9-10,17-20,24-25H,6-8,11-16H2,1-5H3,(H,30,34)(H,31,35)/t20?,24-,25+/m0/s1. The summed E-state index contributed by atoms with van der Waals surface area (Å²) in [4.78, 5) is 54.1. The predicted molar refractivity (Wildman–Crippen MR) is 143 cm³/mol. The topological polar surface area (TPSA) is 105 Å². The van der Waals surface area contributed by atoms with E-state index in [1.807, 2.05) is 38.7 Å². The molecule has 3 rings (SSSR count). The van der Waals surface area contributed by atoms with Crippen molar-refractivity contribution in [3.8, 4) is 5.75 Å². The summed E-state index contributed by atoms with van der Waals surface area (Å²) in [5.74, 6) is 0.149. The minimum Gasteiger partial charge on any atom is -0.497 e. The molecule has 37 heavy (non-hydrogen) atoms. The highest BCUT2D eigenvalue weighted by atomic mass is 16.5. The molecular weight excluding hydrogens is 470 g/mol. The molecule has 2 aliphatic rings. The third-order valence-corrected chi connectivity index (χ3v) is 7.21. The molecule has 8 nitrogen and oxygen atoms in total. The van der Waals surface area contributed by atoms with Crippen molar-refractivity contribution in [1.29, 1.82) is 0 Å². The first-order valence-corrected chi connectivity index (χ1v) is 13.7. The van der Waals surface area contributed by atoms with Crippen molar-refractivity contribution in [3.05, 3.63) is 29.3 Å². The maximum absolute atomic E-state index is 13.4. The molecule has 8 heteroatoms. The maximum Gasteiger partial charge on any atom is 0.245 e. The van der Waals surface area contributed by atoms with Crippen molar-refractivity contribution in [2.24, 2.45) is 11.8 Å². The number of nitrogens with one attached hydrogen (secondary N) is 2. The molecule has 1 aromatic carbocycles. The van der Waals surface area contributed by atoms with Gasteiger partial charge < -0.3 is 20.3 Å². The van der Waals surface area contributed by atoms with E-state index in [0.29, 0.717) is 24.2 Å². The summed E-state index contributed by atoms with van der Waals surface area (Å²) in [5.41, 5.74) is 1.44. The lowest BCUT2D eigenvalue weighted by Crippen LogP contribution is -2.55. The molecule has 1 aliphatic heterocycles. The zero-order chi connectivity index (χ0) is 27.1. The third kappa shape index (κ3) is 7.79. The fraction of sp³-hybridized carbons (Fsp3) is 0.655. The van der Waals surface area contributed by atoms with Gasteiger partial charge in [-0.3, -0.25) is 19.2 Å². The van der Waals surface area contributed by atoms with Crippen molar-refractivity contribution in [2.75, 3.05) is 20.2 Å². The number of benzene rings is 1. The average Bonchev–Trinajstić information content (AvgIpc) is 3.16. The molecule has 3 amide bonds. The van der Waals surface area contributed by atoms with Gasteiger partial charge in [-0.15, -0.1) is 0 Å². The molecule has 0 saturated carbocycles. The van der Waals surface area contributed by atoms with Gasteiger partial charge in [0.05, 0.1) is 7.11 Å². The van der Waals surface area contributed by atoms with Crippen LogP contribution in [0.3, 0.4) is 0 Å². The van der Waals surface area contributed by atoms with Crippen LogP contribution < -0.4 is 15.4 Å². The van der Waals surface area contributed by atoms with Gasteiger partial charge in [0.25, 0.3) is 0 Å². The normalized spacial score (nSPS) is 18.9. The first kappa shape index (κ1) is 28.7. The van der Waals surface area contributed by atoms with Gasteiger partial charge in [-0.05, 0) is 67.7 Å². The summed E-state index contributed by atoms with van der Waals surface area (Å²) < 4.78 is 5.30. The monoisotopic (exact) mass is 513 g/mol. The van der Waals surface area contributed by atoms with Crippen LogP contribution in [0.4, 0.5) is 0 Å².